The van der Waals surface area contributed by atoms with E-state index in [1.54, 1.807) is 6.07 Å². The Kier molecular flexibility index (Phi) is 7.28. The van der Waals surface area contributed by atoms with Gasteiger partial charge in [-0.3, -0.25) is 9.59 Å². The molecule has 0 aliphatic rings. The number of hydrogen-bond donors (Lipinski definition) is 1. The van der Waals surface area contributed by atoms with Crippen LogP contribution in [0.5, 0.6) is 0 Å². The van der Waals surface area contributed by atoms with E-state index in [9.17, 15) is 14.0 Å². The first kappa shape index (κ1) is 19.3. The predicted octanol–water partition coefficient (Wildman–Crippen LogP) is 3.62. The number of halogens is 2. The van der Waals surface area contributed by atoms with Crippen LogP contribution in [0, 0.1) is 5.82 Å². The number of benzene rings is 2. The van der Waals surface area contributed by atoms with E-state index in [2.05, 4.69) is 0 Å². The van der Waals surface area contributed by atoms with Gasteiger partial charge in [-0.25, -0.2) is 4.39 Å². The van der Waals surface area contributed by atoms with Gasteiger partial charge in [0.2, 0.25) is 11.8 Å². The van der Waals surface area contributed by atoms with Crippen LogP contribution < -0.4 is 10.6 Å². The number of thioether (sulfide) groups is 1. The number of rotatable bonds is 8. The molecule has 2 N–H and O–H groups in total. The monoisotopic (exact) mass is 380 g/mol. The predicted molar refractivity (Wildman–Crippen MR) is 100 cm³/mol. The average molecular weight is 381 g/mol. The van der Waals surface area contributed by atoms with E-state index < -0.39 is 5.91 Å². The number of carbonyl (C=O) groups excluding carboxylic acids is 2. The van der Waals surface area contributed by atoms with Crippen molar-refractivity contribution in [1.29, 1.82) is 0 Å². The van der Waals surface area contributed by atoms with Crippen molar-refractivity contribution < 1.29 is 14.0 Å². The van der Waals surface area contributed by atoms with E-state index in [-0.39, 0.29) is 30.4 Å². The lowest BCUT2D eigenvalue weighted by Gasteiger charge is -2.22. The SMILES string of the molecule is NC(=O)CCN(C(=O)CSCc1cccc(Cl)c1)c1ccc(F)cc1. The second kappa shape index (κ2) is 9.44. The minimum atomic E-state index is -0.494. The van der Waals surface area contributed by atoms with Crippen molar-refractivity contribution in [2.75, 3.05) is 17.2 Å². The Morgan fingerprint density at radius 1 is 1.16 bits per heavy atom. The van der Waals surface area contributed by atoms with E-state index in [0.717, 1.165) is 5.56 Å². The van der Waals surface area contributed by atoms with Crippen molar-refractivity contribution in [3.05, 3.63) is 64.9 Å². The van der Waals surface area contributed by atoms with Crippen molar-refractivity contribution in [2.24, 2.45) is 5.73 Å². The maximum atomic E-state index is 13.1. The Labute approximate surface area is 155 Å². The maximum Gasteiger partial charge on any atom is 0.236 e. The molecule has 0 heterocycles. The van der Waals surface area contributed by atoms with Crippen LogP contribution in [0.1, 0.15) is 12.0 Å². The van der Waals surface area contributed by atoms with Crippen LogP contribution in [-0.4, -0.2) is 24.1 Å². The quantitative estimate of drug-likeness (QED) is 0.760. The second-order valence-corrected chi connectivity index (χ2v) is 6.78. The molecule has 2 amide bonds. The highest BCUT2D eigenvalue weighted by molar-refractivity contribution is 7.99. The highest BCUT2D eigenvalue weighted by Gasteiger charge is 2.16. The van der Waals surface area contributed by atoms with Crippen LogP contribution in [-0.2, 0) is 15.3 Å². The Balaban J connectivity index is 1.99. The largest absolute Gasteiger partial charge is 0.370 e. The summed E-state index contributed by atoms with van der Waals surface area (Å²) in [5.74, 6) is -0.185. The molecule has 2 aromatic carbocycles. The first-order chi connectivity index (χ1) is 12.0. The Bertz CT molecular complexity index is 740. The standard InChI is InChI=1S/C18H18ClFN2O2S/c19-14-3-1-2-13(10-14)11-25-12-18(24)22(9-8-17(21)23)16-6-4-15(20)5-7-16/h1-7,10H,8-9,11-12H2,(H2,21,23). The summed E-state index contributed by atoms with van der Waals surface area (Å²) in [6.07, 6.45) is 0.0437. The van der Waals surface area contributed by atoms with Crippen molar-refractivity contribution in [1.82, 2.24) is 0 Å². The van der Waals surface area contributed by atoms with Gasteiger partial charge in [0.05, 0.1) is 5.75 Å². The summed E-state index contributed by atoms with van der Waals surface area (Å²) >= 11 is 7.39. The number of hydrogen-bond acceptors (Lipinski definition) is 3. The normalized spacial score (nSPS) is 10.5. The third kappa shape index (κ3) is 6.40. The van der Waals surface area contributed by atoms with Gasteiger partial charge in [-0.15, -0.1) is 11.8 Å². The van der Waals surface area contributed by atoms with Crippen LogP contribution >= 0.6 is 23.4 Å². The van der Waals surface area contributed by atoms with Gasteiger partial charge in [0, 0.05) is 29.4 Å². The molecule has 0 aliphatic heterocycles. The first-order valence-corrected chi connectivity index (χ1v) is 9.15. The third-order valence-electron chi connectivity index (χ3n) is 3.40. The van der Waals surface area contributed by atoms with Crippen LogP contribution in [0.2, 0.25) is 5.02 Å². The van der Waals surface area contributed by atoms with Crippen LogP contribution in [0.4, 0.5) is 10.1 Å². The lowest BCUT2D eigenvalue weighted by atomic mass is 10.2. The molecule has 0 fully saturated rings. The minimum absolute atomic E-state index is 0.0437. The molecule has 0 atom stereocenters. The van der Waals surface area contributed by atoms with Gasteiger partial charge in [-0.05, 0) is 42.0 Å². The summed E-state index contributed by atoms with van der Waals surface area (Å²) in [6, 6.07) is 13.0. The zero-order chi connectivity index (χ0) is 18.2. The molecule has 0 saturated heterocycles. The lowest BCUT2D eigenvalue weighted by molar-refractivity contribution is -0.118. The van der Waals surface area contributed by atoms with Gasteiger partial charge in [0.25, 0.3) is 0 Å². The maximum absolute atomic E-state index is 13.1. The Morgan fingerprint density at radius 2 is 1.88 bits per heavy atom. The van der Waals surface area contributed by atoms with Crippen LogP contribution in [0.3, 0.4) is 0 Å². The molecule has 0 aliphatic carbocycles. The van der Waals surface area contributed by atoms with Gasteiger partial charge in [-0.1, -0.05) is 23.7 Å². The summed E-state index contributed by atoms with van der Waals surface area (Å²) in [4.78, 5) is 25.0. The van der Waals surface area contributed by atoms with Gasteiger partial charge < -0.3 is 10.6 Å². The third-order valence-corrected chi connectivity index (χ3v) is 4.63. The fraction of sp³-hybridized carbons (Fsp3) is 0.222. The number of primary amides is 1. The van der Waals surface area contributed by atoms with E-state index in [1.165, 1.54) is 40.9 Å². The molecule has 2 aromatic rings. The molecule has 132 valence electrons. The van der Waals surface area contributed by atoms with Crippen molar-refractivity contribution in [2.45, 2.75) is 12.2 Å². The molecular weight excluding hydrogens is 363 g/mol. The fourth-order valence-electron chi connectivity index (χ4n) is 2.20. The van der Waals surface area contributed by atoms with E-state index in [1.807, 2.05) is 18.2 Å². The molecule has 0 saturated carbocycles. The molecular formula is C18H18ClFN2O2S. The van der Waals surface area contributed by atoms with Gasteiger partial charge in [0.15, 0.2) is 0 Å². The zero-order valence-electron chi connectivity index (χ0n) is 13.5. The minimum Gasteiger partial charge on any atom is -0.370 e. The van der Waals surface area contributed by atoms with Gasteiger partial charge >= 0.3 is 0 Å². The average Bonchev–Trinajstić information content (AvgIpc) is 2.56. The molecule has 7 heteroatoms. The summed E-state index contributed by atoms with van der Waals surface area (Å²) in [5.41, 5.74) is 6.74. The molecule has 0 aromatic heterocycles. The zero-order valence-corrected chi connectivity index (χ0v) is 15.0. The Hall–Kier alpha value is -2.05. The lowest BCUT2D eigenvalue weighted by Crippen LogP contribution is -2.35. The van der Waals surface area contributed by atoms with Crippen LogP contribution in [0.25, 0.3) is 0 Å². The fourth-order valence-corrected chi connectivity index (χ4v) is 3.26. The topological polar surface area (TPSA) is 63.4 Å². The molecule has 0 bridgehead atoms. The van der Waals surface area contributed by atoms with E-state index in [0.29, 0.717) is 16.5 Å². The molecule has 2 rings (SSSR count). The highest BCUT2D eigenvalue weighted by Crippen LogP contribution is 2.20. The summed E-state index contributed by atoms with van der Waals surface area (Å²) < 4.78 is 13.1. The second-order valence-electron chi connectivity index (χ2n) is 5.36. The number of nitrogens with two attached hydrogens (primary N) is 1. The number of amides is 2. The van der Waals surface area contributed by atoms with Crippen molar-refractivity contribution >= 4 is 40.9 Å². The molecule has 0 unspecified atom stereocenters. The summed E-state index contributed by atoms with van der Waals surface area (Å²) in [7, 11) is 0. The Morgan fingerprint density at radius 3 is 2.52 bits per heavy atom. The molecule has 0 spiro atoms. The van der Waals surface area contributed by atoms with Crippen molar-refractivity contribution in [3.63, 3.8) is 0 Å². The molecule has 25 heavy (non-hydrogen) atoms. The van der Waals surface area contributed by atoms with Gasteiger partial charge in [0.1, 0.15) is 5.82 Å². The smallest absolute Gasteiger partial charge is 0.236 e. The summed E-state index contributed by atoms with van der Waals surface area (Å²) in [6.45, 7) is 0.164. The summed E-state index contributed by atoms with van der Waals surface area (Å²) in [5, 5.41) is 0.652. The molecule has 4 nitrogen and oxygen atoms in total. The van der Waals surface area contributed by atoms with Crippen molar-refractivity contribution in [3.8, 4) is 0 Å². The number of anilines is 1. The number of carbonyl (C=O) groups is 2. The van der Waals surface area contributed by atoms with Gasteiger partial charge in [-0.2, -0.15) is 0 Å². The molecule has 0 radical (unpaired) electrons. The number of nitrogens with zero attached hydrogens (tertiary/aromatic N) is 1. The van der Waals surface area contributed by atoms with E-state index >= 15 is 0 Å². The highest BCUT2D eigenvalue weighted by atomic mass is 35.5. The first-order valence-electron chi connectivity index (χ1n) is 7.62. The van der Waals surface area contributed by atoms with E-state index in [4.69, 9.17) is 17.3 Å². The van der Waals surface area contributed by atoms with Crippen LogP contribution in [0.15, 0.2) is 48.5 Å².